The Morgan fingerprint density at radius 2 is 2.00 bits per heavy atom. The second-order valence-electron chi connectivity index (χ2n) is 5.82. The molecule has 0 aliphatic heterocycles. The molecule has 1 fully saturated rings. The SMILES string of the molecule is CC(C)C[C@@H](NC(=O)CC1(CN)CCC1)C(=O)O. The Morgan fingerprint density at radius 3 is 2.33 bits per heavy atom. The van der Waals surface area contributed by atoms with Gasteiger partial charge >= 0.3 is 5.97 Å². The fourth-order valence-corrected chi connectivity index (χ4v) is 2.41. The lowest BCUT2D eigenvalue weighted by Gasteiger charge is -2.40. The number of nitrogens with two attached hydrogens (primary N) is 1. The fourth-order valence-electron chi connectivity index (χ4n) is 2.41. The normalized spacial score (nSPS) is 19.1. The minimum atomic E-state index is -0.965. The van der Waals surface area contributed by atoms with E-state index in [4.69, 9.17) is 10.8 Å². The van der Waals surface area contributed by atoms with Gasteiger partial charge in [-0.1, -0.05) is 20.3 Å². The van der Waals surface area contributed by atoms with Gasteiger partial charge in [-0.05, 0) is 37.1 Å². The van der Waals surface area contributed by atoms with Gasteiger partial charge in [0.05, 0.1) is 0 Å². The van der Waals surface area contributed by atoms with Crippen LogP contribution in [0.4, 0.5) is 0 Å². The van der Waals surface area contributed by atoms with Crippen molar-refractivity contribution in [2.75, 3.05) is 6.54 Å². The lowest BCUT2D eigenvalue weighted by atomic mass is 9.66. The number of carboxylic acids is 1. The molecule has 1 atom stereocenters. The van der Waals surface area contributed by atoms with Crippen molar-refractivity contribution in [2.24, 2.45) is 17.1 Å². The summed E-state index contributed by atoms with van der Waals surface area (Å²) in [6.07, 6.45) is 3.86. The molecule has 0 aromatic carbocycles. The van der Waals surface area contributed by atoms with Crippen LogP contribution in [-0.4, -0.2) is 29.6 Å². The van der Waals surface area contributed by atoms with Crippen molar-refractivity contribution in [1.29, 1.82) is 0 Å². The molecular formula is C13H24N2O3. The molecule has 0 aromatic heterocycles. The van der Waals surface area contributed by atoms with Gasteiger partial charge in [-0.25, -0.2) is 4.79 Å². The van der Waals surface area contributed by atoms with Crippen LogP contribution in [0.3, 0.4) is 0 Å². The highest BCUT2D eigenvalue weighted by Gasteiger charge is 2.38. The average Bonchev–Trinajstić information content (AvgIpc) is 2.21. The van der Waals surface area contributed by atoms with E-state index < -0.39 is 12.0 Å². The molecule has 0 radical (unpaired) electrons. The molecular weight excluding hydrogens is 232 g/mol. The van der Waals surface area contributed by atoms with Gasteiger partial charge in [0.1, 0.15) is 6.04 Å². The first-order valence-electron chi connectivity index (χ1n) is 6.61. The highest BCUT2D eigenvalue weighted by Crippen LogP contribution is 2.42. The zero-order chi connectivity index (χ0) is 13.8. The zero-order valence-corrected chi connectivity index (χ0v) is 11.2. The van der Waals surface area contributed by atoms with Crippen LogP contribution in [0.5, 0.6) is 0 Å². The number of hydrogen-bond acceptors (Lipinski definition) is 3. The quantitative estimate of drug-likeness (QED) is 0.636. The van der Waals surface area contributed by atoms with E-state index in [1.54, 1.807) is 0 Å². The van der Waals surface area contributed by atoms with Gasteiger partial charge in [0.15, 0.2) is 0 Å². The maximum absolute atomic E-state index is 11.9. The Bertz CT molecular complexity index is 306. The summed E-state index contributed by atoms with van der Waals surface area (Å²) in [6, 6.07) is -0.785. The van der Waals surface area contributed by atoms with E-state index in [1.165, 1.54) is 0 Å². The molecule has 0 spiro atoms. The van der Waals surface area contributed by atoms with Gasteiger partial charge < -0.3 is 16.2 Å². The molecule has 1 amide bonds. The van der Waals surface area contributed by atoms with Crippen molar-refractivity contribution in [3.63, 3.8) is 0 Å². The minimum Gasteiger partial charge on any atom is -0.480 e. The van der Waals surface area contributed by atoms with Crippen LogP contribution < -0.4 is 11.1 Å². The summed E-state index contributed by atoms with van der Waals surface area (Å²) in [5.74, 6) is -0.917. The van der Waals surface area contributed by atoms with E-state index in [1.807, 2.05) is 13.8 Å². The Kier molecular flexibility index (Phi) is 5.14. The van der Waals surface area contributed by atoms with E-state index in [0.717, 1.165) is 19.3 Å². The van der Waals surface area contributed by atoms with Crippen LogP contribution in [-0.2, 0) is 9.59 Å². The number of rotatable bonds is 7. The molecule has 104 valence electrons. The highest BCUT2D eigenvalue weighted by atomic mass is 16.4. The van der Waals surface area contributed by atoms with Gasteiger partial charge in [-0.15, -0.1) is 0 Å². The molecule has 0 bridgehead atoms. The first-order valence-corrected chi connectivity index (χ1v) is 6.61. The lowest BCUT2D eigenvalue weighted by molar-refractivity contribution is -0.142. The Balaban J connectivity index is 2.48. The second-order valence-corrected chi connectivity index (χ2v) is 5.82. The van der Waals surface area contributed by atoms with Crippen molar-refractivity contribution in [3.05, 3.63) is 0 Å². The number of amides is 1. The molecule has 1 rings (SSSR count). The summed E-state index contributed by atoms with van der Waals surface area (Å²) >= 11 is 0. The molecule has 5 nitrogen and oxygen atoms in total. The molecule has 1 aliphatic carbocycles. The predicted octanol–water partition coefficient (Wildman–Crippen LogP) is 1.12. The van der Waals surface area contributed by atoms with E-state index in [0.29, 0.717) is 19.4 Å². The summed E-state index contributed by atoms with van der Waals surface area (Å²) in [5, 5.41) is 11.7. The smallest absolute Gasteiger partial charge is 0.326 e. The average molecular weight is 256 g/mol. The number of hydrogen-bond donors (Lipinski definition) is 3. The Morgan fingerprint density at radius 1 is 1.39 bits per heavy atom. The first-order chi connectivity index (χ1) is 8.38. The summed E-state index contributed by atoms with van der Waals surface area (Å²) in [5.41, 5.74) is 5.61. The van der Waals surface area contributed by atoms with Gasteiger partial charge in [-0.3, -0.25) is 4.79 Å². The first kappa shape index (κ1) is 15.0. The van der Waals surface area contributed by atoms with Gasteiger partial charge in [0.2, 0.25) is 5.91 Å². The number of carbonyl (C=O) groups is 2. The lowest BCUT2D eigenvalue weighted by Crippen LogP contribution is -2.46. The fraction of sp³-hybridized carbons (Fsp3) is 0.846. The van der Waals surface area contributed by atoms with E-state index in [-0.39, 0.29) is 17.2 Å². The summed E-state index contributed by atoms with van der Waals surface area (Å²) in [4.78, 5) is 22.9. The van der Waals surface area contributed by atoms with Crippen molar-refractivity contribution < 1.29 is 14.7 Å². The number of aliphatic carboxylic acids is 1. The topological polar surface area (TPSA) is 92.4 Å². The van der Waals surface area contributed by atoms with Gasteiger partial charge in [-0.2, -0.15) is 0 Å². The Labute approximate surface area is 108 Å². The maximum Gasteiger partial charge on any atom is 0.326 e. The molecule has 0 heterocycles. The van der Waals surface area contributed by atoms with E-state index in [2.05, 4.69) is 5.32 Å². The van der Waals surface area contributed by atoms with Crippen LogP contribution in [0.15, 0.2) is 0 Å². The van der Waals surface area contributed by atoms with E-state index in [9.17, 15) is 9.59 Å². The summed E-state index contributed by atoms with van der Waals surface area (Å²) in [7, 11) is 0. The third-order valence-electron chi connectivity index (χ3n) is 3.72. The molecule has 5 heteroatoms. The maximum atomic E-state index is 11.9. The van der Waals surface area contributed by atoms with Crippen LogP contribution >= 0.6 is 0 Å². The molecule has 4 N–H and O–H groups in total. The molecule has 1 aliphatic rings. The third kappa shape index (κ3) is 3.98. The molecule has 0 aromatic rings. The van der Waals surface area contributed by atoms with Crippen LogP contribution in [0.1, 0.15) is 46.0 Å². The minimum absolute atomic E-state index is 0.0784. The van der Waals surface area contributed by atoms with Gasteiger partial charge in [0.25, 0.3) is 0 Å². The summed E-state index contributed by atoms with van der Waals surface area (Å²) < 4.78 is 0. The molecule has 0 saturated heterocycles. The molecule has 18 heavy (non-hydrogen) atoms. The highest BCUT2D eigenvalue weighted by molar-refractivity contribution is 5.83. The van der Waals surface area contributed by atoms with E-state index >= 15 is 0 Å². The number of carbonyl (C=O) groups excluding carboxylic acids is 1. The van der Waals surface area contributed by atoms with Crippen LogP contribution in [0, 0.1) is 11.3 Å². The second kappa shape index (κ2) is 6.18. The molecule has 0 unspecified atom stereocenters. The van der Waals surface area contributed by atoms with Crippen molar-refractivity contribution in [1.82, 2.24) is 5.32 Å². The predicted molar refractivity (Wildman–Crippen MR) is 69.0 cm³/mol. The molecule has 1 saturated carbocycles. The van der Waals surface area contributed by atoms with Crippen LogP contribution in [0.2, 0.25) is 0 Å². The standard InChI is InChI=1S/C13H24N2O3/c1-9(2)6-10(12(17)18)15-11(16)7-13(8-14)4-3-5-13/h9-10H,3-8,14H2,1-2H3,(H,15,16)(H,17,18)/t10-/m1/s1. The monoisotopic (exact) mass is 256 g/mol. The van der Waals surface area contributed by atoms with Crippen molar-refractivity contribution in [2.45, 2.75) is 52.0 Å². The number of nitrogens with one attached hydrogen (secondary N) is 1. The van der Waals surface area contributed by atoms with Crippen molar-refractivity contribution >= 4 is 11.9 Å². The van der Waals surface area contributed by atoms with Crippen molar-refractivity contribution in [3.8, 4) is 0 Å². The zero-order valence-electron chi connectivity index (χ0n) is 11.2. The Hall–Kier alpha value is -1.10. The number of carboxylic acid groups (broad SMARTS) is 1. The third-order valence-corrected chi connectivity index (χ3v) is 3.72. The largest absolute Gasteiger partial charge is 0.480 e. The summed E-state index contributed by atoms with van der Waals surface area (Å²) in [6.45, 7) is 4.38. The van der Waals surface area contributed by atoms with Gasteiger partial charge in [0, 0.05) is 6.42 Å². The van der Waals surface area contributed by atoms with Crippen LogP contribution in [0.25, 0.3) is 0 Å².